The fourth-order valence-corrected chi connectivity index (χ4v) is 4.02. The molecular formula is C25H26FN3O4. The molecule has 2 aromatic rings. The van der Waals surface area contributed by atoms with Crippen LogP contribution in [-0.2, 0) is 9.53 Å². The molecule has 33 heavy (non-hydrogen) atoms. The van der Waals surface area contributed by atoms with Crippen LogP contribution in [0.2, 0.25) is 0 Å². The quantitative estimate of drug-likeness (QED) is 0.513. The molecule has 2 heterocycles. The van der Waals surface area contributed by atoms with Crippen LogP contribution in [0.5, 0.6) is 0 Å². The van der Waals surface area contributed by atoms with E-state index in [9.17, 15) is 18.8 Å². The molecule has 2 aromatic carbocycles. The number of ketones is 1. The van der Waals surface area contributed by atoms with Gasteiger partial charge in [0.05, 0.1) is 24.5 Å². The number of cyclic esters (lactones) is 1. The van der Waals surface area contributed by atoms with Gasteiger partial charge in [0, 0.05) is 24.7 Å². The number of halogens is 1. The second kappa shape index (κ2) is 10.3. The average molecular weight is 451 g/mol. The van der Waals surface area contributed by atoms with E-state index in [-0.39, 0.29) is 24.7 Å². The number of ether oxygens (including phenoxy) is 1. The molecule has 0 radical (unpaired) electrons. The number of piperidine rings is 1. The van der Waals surface area contributed by atoms with Gasteiger partial charge in [-0.3, -0.25) is 14.5 Å². The summed E-state index contributed by atoms with van der Waals surface area (Å²) in [5, 5.41) is 2.62. The number of hydrogen-bond acceptors (Lipinski definition) is 5. The first-order chi connectivity index (χ1) is 16.0. The lowest BCUT2D eigenvalue weighted by Crippen LogP contribution is -2.34. The van der Waals surface area contributed by atoms with Crippen molar-refractivity contribution in [1.82, 2.24) is 5.32 Å². The van der Waals surface area contributed by atoms with Crippen LogP contribution in [0.3, 0.4) is 0 Å². The number of hydrogen-bond donors (Lipinski definition) is 1. The molecule has 2 aliphatic heterocycles. The van der Waals surface area contributed by atoms with E-state index in [4.69, 9.17) is 4.74 Å². The molecule has 0 saturated carbocycles. The van der Waals surface area contributed by atoms with Gasteiger partial charge in [-0.25, -0.2) is 9.18 Å². The van der Waals surface area contributed by atoms with Crippen molar-refractivity contribution in [2.24, 2.45) is 0 Å². The third-order valence-corrected chi connectivity index (χ3v) is 5.76. The zero-order chi connectivity index (χ0) is 23.2. The number of benzene rings is 2. The van der Waals surface area contributed by atoms with Gasteiger partial charge in [0.15, 0.2) is 5.78 Å². The van der Waals surface area contributed by atoms with Crippen molar-refractivity contribution in [2.75, 3.05) is 36.0 Å². The zero-order valence-electron chi connectivity index (χ0n) is 18.2. The van der Waals surface area contributed by atoms with Crippen molar-refractivity contribution in [3.05, 3.63) is 72.1 Å². The minimum absolute atomic E-state index is 0.0826. The van der Waals surface area contributed by atoms with Gasteiger partial charge in [-0.15, -0.1) is 0 Å². The Balaban J connectivity index is 1.30. The summed E-state index contributed by atoms with van der Waals surface area (Å²) in [6.45, 7) is 1.93. The highest BCUT2D eigenvalue weighted by molar-refractivity contribution is 6.07. The third kappa shape index (κ3) is 5.58. The van der Waals surface area contributed by atoms with Crippen LogP contribution in [0, 0.1) is 5.82 Å². The van der Waals surface area contributed by atoms with E-state index < -0.39 is 18.1 Å². The number of allylic oxidation sites excluding steroid dienone is 1. The summed E-state index contributed by atoms with van der Waals surface area (Å²) < 4.78 is 20.0. The Hall–Kier alpha value is -3.68. The first-order valence-corrected chi connectivity index (χ1v) is 11.1. The Bertz CT molecular complexity index is 1050. The monoisotopic (exact) mass is 451 g/mol. The molecule has 0 spiro atoms. The molecule has 2 amide bonds. The lowest BCUT2D eigenvalue weighted by Gasteiger charge is -2.29. The molecule has 2 saturated heterocycles. The predicted octanol–water partition coefficient (Wildman–Crippen LogP) is 3.70. The molecule has 0 aliphatic carbocycles. The molecule has 2 fully saturated rings. The van der Waals surface area contributed by atoms with Crippen LogP contribution in [0.1, 0.15) is 29.6 Å². The van der Waals surface area contributed by atoms with Crippen LogP contribution in [-0.4, -0.2) is 50.1 Å². The summed E-state index contributed by atoms with van der Waals surface area (Å²) in [7, 11) is 0. The van der Waals surface area contributed by atoms with Crippen molar-refractivity contribution in [3.63, 3.8) is 0 Å². The highest BCUT2D eigenvalue weighted by Crippen LogP contribution is 2.29. The minimum atomic E-state index is -0.589. The van der Waals surface area contributed by atoms with Crippen molar-refractivity contribution in [3.8, 4) is 0 Å². The Labute approximate surface area is 191 Å². The molecule has 0 unspecified atom stereocenters. The Kier molecular flexibility index (Phi) is 7.02. The number of amides is 2. The van der Waals surface area contributed by atoms with E-state index in [1.54, 1.807) is 42.5 Å². The molecular weight excluding hydrogens is 425 g/mol. The molecule has 8 heteroatoms. The van der Waals surface area contributed by atoms with Crippen molar-refractivity contribution in [1.29, 1.82) is 0 Å². The maximum absolute atomic E-state index is 14.7. The van der Waals surface area contributed by atoms with Crippen molar-refractivity contribution < 1.29 is 23.5 Å². The third-order valence-electron chi connectivity index (χ3n) is 5.76. The van der Waals surface area contributed by atoms with Crippen LogP contribution in [0.4, 0.5) is 20.6 Å². The van der Waals surface area contributed by atoms with Crippen molar-refractivity contribution in [2.45, 2.75) is 25.4 Å². The molecule has 0 aromatic heterocycles. The fraction of sp³-hybridized carbons (Fsp3) is 0.320. The second-order valence-corrected chi connectivity index (χ2v) is 8.11. The summed E-state index contributed by atoms with van der Waals surface area (Å²) in [6.07, 6.45) is 4.43. The van der Waals surface area contributed by atoms with Gasteiger partial charge in [-0.05, 0) is 43.5 Å². The number of nitrogens with one attached hydrogen (secondary N) is 1. The number of carbonyl (C=O) groups is 3. The maximum atomic E-state index is 14.7. The highest BCUT2D eigenvalue weighted by Gasteiger charge is 2.33. The molecule has 1 atom stereocenters. The van der Waals surface area contributed by atoms with Gasteiger partial charge in [-0.2, -0.15) is 0 Å². The first kappa shape index (κ1) is 22.5. The summed E-state index contributed by atoms with van der Waals surface area (Å²) in [4.78, 5) is 39.8. The number of rotatable bonds is 7. The molecule has 4 rings (SSSR count). The normalized spacial score (nSPS) is 18.5. The summed E-state index contributed by atoms with van der Waals surface area (Å²) >= 11 is 0. The smallest absolute Gasteiger partial charge is 0.414 e. The molecule has 0 bridgehead atoms. The number of anilines is 2. The topological polar surface area (TPSA) is 79.0 Å². The summed E-state index contributed by atoms with van der Waals surface area (Å²) in [5.41, 5.74) is 1.45. The van der Waals surface area contributed by atoms with Gasteiger partial charge in [0.25, 0.3) is 0 Å². The van der Waals surface area contributed by atoms with E-state index in [1.165, 1.54) is 17.0 Å². The standard InChI is InChI=1S/C25H26FN3O4/c26-21-15-19(9-10-22(21)28-13-5-2-6-14-28)29-17-20(33-25(29)32)16-27-24(31)12-11-23(30)18-7-3-1-4-8-18/h1,3-4,7-12,15,20H,2,5-6,13-14,16-17H2,(H,27,31)/b12-11+/t20-/m0/s1. The summed E-state index contributed by atoms with van der Waals surface area (Å²) in [6, 6.07) is 13.4. The van der Waals surface area contributed by atoms with Crippen LogP contribution >= 0.6 is 0 Å². The second-order valence-electron chi connectivity index (χ2n) is 8.11. The van der Waals surface area contributed by atoms with E-state index >= 15 is 0 Å². The van der Waals surface area contributed by atoms with E-state index in [0.29, 0.717) is 16.9 Å². The van der Waals surface area contributed by atoms with Crippen LogP contribution < -0.4 is 15.1 Å². The van der Waals surface area contributed by atoms with E-state index in [1.807, 2.05) is 4.90 Å². The van der Waals surface area contributed by atoms with Crippen molar-refractivity contribution >= 4 is 29.2 Å². The zero-order valence-corrected chi connectivity index (χ0v) is 18.2. The Morgan fingerprint density at radius 2 is 1.82 bits per heavy atom. The predicted molar refractivity (Wildman–Crippen MR) is 123 cm³/mol. The van der Waals surface area contributed by atoms with Crippen LogP contribution in [0.15, 0.2) is 60.7 Å². The lowest BCUT2D eigenvalue weighted by molar-refractivity contribution is -0.116. The molecule has 2 aliphatic rings. The summed E-state index contributed by atoms with van der Waals surface area (Å²) in [5.74, 6) is -1.11. The maximum Gasteiger partial charge on any atom is 0.414 e. The van der Waals surface area contributed by atoms with Gasteiger partial charge >= 0.3 is 6.09 Å². The van der Waals surface area contributed by atoms with Gasteiger partial charge < -0.3 is 15.0 Å². The van der Waals surface area contributed by atoms with Gasteiger partial charge in [0.2, 0.25) is 5.91 Å². The number of carbonyl (C=O) groups excluding carboxylic acids is 3. The van der Waals surface area contributed by atoms with E-state index in [2.05, 4.69) is 5.32 Å². The van der Waals surface area contributed by atoms with Crippen LogP contribution in [0.25, 0.3) is 0 Å². The SMILES string of the molecule is O=C(/C=C/C(=O)c1ccccc1)NC[C@H]1CN(c2ccc(N3CCCCC3)c(F)c2)C(=O)O1. The Morgan fingerprint density at radius 3 is 2.55 bits per heavy atom. The fourth-order valence-electron chi connectivity index (χ4n) is 4.02. The first-order valence-electron chi connectivity index (χ1n) is 11.1. The molecule has 7 nitrogen and oxygen atoms in total. The number of nitrogens with zero attached hydrogens (tertiary/aromatic N) is 2. The largest absolute Gasteiger partial charge is 0.442 e. The molecule has 172 valence electrons. The lowest BCUT2D eigenvalue weighted by atomic mass is 10.1. The highest BCUT2D eigenvalue weighted by atomic mass is 19.1. The Morgan fingerprint density at radius 1 is 1.06 bits per heavy atom. The minimum Gasteiger partial charge on any atom is -0.442 e. The molecule has 1 N–H and O–H groups in total. The van der Waals surface area contributed by atoms with Gasteiger partial charge in [0.1, 0.15) is 11.9 Å². The van der Waals surface area contributed by atoms with E-state index in [0.717, 1.165) is 38.4 Å². The van der Waals surface area contributed by atoms with Gasteiger partial charge in [-0.1, -0.05) is 30.3 Å². The average Bonchev–Trinajstić information content (AvgIpc) is 3.22.